The minimum absolute atomic E-state index is 0.0255. The molecule has 0 saturated heterocycles. The van der Waals surface area contributed by atoms with Gasteiger partial charge in [-0.15, -0.1) is 0 Å². The lowest BCUT2D eigenvalue weighted by atomic mass is 10.2. The van der Waals surface area contributed by atoms with Crippen LogP contribution < -0.4 is 5.32 Å². The van der Waals surface area contributed by atoms with E-state index in [0.717, 1.165) is 17.7 Å². The first kappa shape index (κ1) is 15.7. The first-order valence-corrected chi connectivity index (χ1v) is 7.25. The Kier molecular flexibility index (Phi) is 3.93. The van der Waals surface area contributed by atoms with E-state index in [0.29, 0.717) is 18.0 Å². The van der Waals surface area contributed by atoms with Crippen LogP contribution in [0.4, 0.5) is 19.1 Å². The third kappa shape index (κ3) is 3.12. The van der Waals surface area contributed by atoms with Gasteiger partial charge in [0, 0.05) is 13.6 Å². The average Bonchev–Trinajstić information content (AvgIpc) is 2.82. The van der Waals surface area contributed by atoms with Crippen LogP contribution in [0.1, 0.15) is 11.1 Å². The molecule has 1 N–H and O–H groups in total. The Labute approximate surface area is 135 Å². The zero-order chi connectivity index (χ0) is 16.6. The molecule has 2 aromatic carbocycles. The van der Waals surface area contributed by atoms with Crippen LogP contribution >= 0.6 is 11.6 Å². The number of imidazole rings is 1. The number of benzene rings is 2. The van der Waals surface area contributed by atoms with E-state index in [1.807, 2.05) is 30.3 Å². The number of hydrogen-bond donors (Lipinski definition) is 1. The van der Waals surface area contributed by atoms with Crippen LogP contribution in [-0.2, 0) is 19.8 Å². The maximum Gasteiger partial charge on any atom is 0.416 e. The Morgan fingerprint density at radius 3 is 2.52 bits per heavy atom. The molecule has 0 aliphatic rings. The van der Waals surface area contributed by atoms with Gasteiger partial charge in [0.2, 0.25) is 5.95 Å². The Bertz CT molecular complexity index is 841. The van der Waals surface area contributed by atoms with Gasteiger partial charge in [0.25, 0.3) is 0 Å². The van der Waals surface area contributed by atoms with Crippen molar-refractivity contribution in [2.75, 3.05) is 5.32 Å². The van der Waals surface area contributed by atoms with Gasteiger partial charge in [-0.2, -0.15) is 13.2 Å². The largest absolute Gasteiger partial charge is 0.416 e. The summed E-state index contributed by atoms with van der Waals surface area (Å²) >= 11 is 6.02. The number of fused-ring (bicyclic) bond motifs is 1. The number of rotatable bonds is 3. The highest BCUT2D eigenvalue weighted by Gasteiger charge is 2.32. The molecule has 1 heterocycles. The molecular formula is C16H13ClF3N3. The standard InChI is InChI=1S/C16H13ClF3N3/c1-23-14-12(17)7-11(16(18,19)20)8-13(14)22-15(23)21-9-10-5-3-2-4-6-10/h2-8H,9H2,1H3,(H,21,22). The van der Waals surface area contributed by atoms with Crippen LogP contribution in [0, 0.1) is 0 Å². The van der Waals surface area contributed by atoms with Crippen LogP contribution in [0.3, 0.4) is 0 Å². The third-order valence-corrected chi connectivity index (χ3v) is 3.83. The molecule has 0 aliphatic carbocycles. The highest BCUT2D eigenvalue weighted by molar-refractivity contribution is 6.35. The zero-order valence-corrected chi connectivity index (χ0v) is 12.9. The summed E-state index contributed by atoms with van der Waals surface area (Å²) < 4.78 is 40.2. The zero-order valence-electron chi connectivity index (χ0n) is 12.2. The predicted molar refractivity (Wildman–Crippen MR) is 84.5 cm³/mol. The number of nitrogens with one attached hydrogen (secondary N) is 1. The minimum atomic E-state index is -4.45. The maximum atomic E-state index is 12.9. The summed E-state index contributed by atoms with van der Waals surface area (Å²) in [5.41, 5.74) is 0.919. The van der Waals surface area contributed by atoms with Crippen LogP contribution in [0.2, 0.25) is 5.02 Å². The number of nitrogens with zero attached hydrogens (tertiary/aromatic N) is 2. The molecular weight excluding hydrogens is 327 g/mol. The SMILES string of the molecule is Cn1c(NCc2ccccc2)nc2cc(C(F)(F)F)cc(Cl)c21. The molecule has 0 atom stereocenters. The second kappa shape index (κ2) is 5.77. The fourth-order valence-corrected chi connectivity index (χ4v) is 2.74. The number of aromatic nitrogens is 2. The van der Waals surface area contributed by atoms with E-state index in [-0.39, 0.29) is 10.5 Å². The molecule has 23 heavy (non-hydrogen) atoms. The molecule has 0 amide bonds. The highest BCUT2D eigenvalue weighted by Crippen LogP contribution is 2.35. The molecule has 0 spiro atoms. The molecule has 0 unspecified atom stereocenters. The number of alkyl halides is 3. The first-order valence-electron chi connectivity index (χ1n) is 6.87. The van der Waals surface area contributed by atoms with Crippen molar-refractivity contribution in [1.29, 1.82) is 0 Å². The Morgan fingerprint density at radius 2 is 1.87 bits per heavy atom. The van der Waals surface area contributed by atoms with Gasteiger partial charge in [-0.1, -0.05) is 41.9 Å². The number of hydrogen-bond acceptors (Lipinski definition) is 2. The van der Waals surface area contributed by atoms with E-state index >= 15 is 0 Å². The van der Waals surface area contributed by atoms with Gasteiger partial charge in [-0.05, 0) is 17.7 Å². The van der Waals surface area contributed by atoms with Crippen molar-refractivity contribution >= 4 is 28.6 Å². The normalized spacial score (nSPS) is 11.9. The van der Waals surface area contributed by atoms with Crippen molar-refractivity contribution in [2.45, 2.75) is 12.7 Å². The van der Waals surface area contributed by atoms with Crippen LogP contribution in [0.15, 0.2) is 42.5 Å². The molecule has 3 aromatic rings. The van der Waals surface area contributed by atoms with Crippen LogP contribution in [0.5, 0.6) is 0 Å². The van der Waals surface area contributed by atoms with Gasteiger partial charge in [0.15, 0.2) is 0 Å². The molecule has 0 fully saturated rings. The Hall–Kier alpha value is -2.21. The van der Waals surface area contributed by atoms with Gasteiger partial charge in [0.05, 0.1) is 21.6 Å². The van der Waals surface area contributed by atoms with Gasteiger partial charge in [-0.25, -0.2) is 4.98 Å². The number of halogens is 4. The van der Waals surface area contributed by atoms with Crippen LogP contribution in [-0.4, -0.2) is 9.55 Å². The minimum Gasteiger partial charge on any atom is -0.352 e. The fraction of sp³-hybridized carbons (Fsp3) is 0.188. The lowest BCUT2D eigenvalue weighted by molar-refractivity contribution is -0.137. The van der Waals surface area contributed by atoms with Crippen molar-refractivity contribution in [3.05, 3.63) is 58.6 Å². The van der Waals surface area contributed by atoms with E-state index in [1.54, 1.807) is 11.6 Å². The van der Waals surface area contributed by atoms with Gasteiger partial charge in [-0.3, -0.25) is 0 Å². The van der Waals surface area contributed by atoms with E-state index < -0.39 is 11.7 Å². The highest BCUT2D eigenvalue weighted by atomic mass is 35.5. The number of aryl methyl sites for hydroxylation is 1. The second-order valence-electron chi connectivity index (χ2n) is 5.16. The first-order chi connectivity index (χ1) is 10.9. The van der Waals surface area contributed by atoms with E-state index in [1.165, 1.54) is 0 Å². The molecule has 0 radical (unpaired) electrons. The molecule has 3 nitrogen and oxygen atoms in total. The van der Waals surface area contributed by atoms with Gasteiger partial charge >= 0.3 is 6.18 Å². The van der Waals surface area contributed by atoms with Gasteiger partial charge in [0.1, 0.15) is 0 Å². The summed E-state index contributed by atoms with van der Waals surface area (Å²) in [5.74, 6) is 0.463. The van der Waals surface area contributed by atoms with Crippen molar-refractivity contribution in [3.8, 4) is 0 Å². The fourth-order valence-electron chi connectivity index (χ4n) is 2.40. The molecule has 3 rings (SSSR count). The predicted octanol–water partition coefficient (Wildman–Crippen LogP) is 4.86. The Balaban J connectivity index is 1.96. The topological polar surface area (TPSA) is 29.9 Å². The van der Waals surface area contributed by atoms with E-state index in [2.05, 4.69) is 10.3 Å². The van der Waals surface area contributed by atoms with Crippen molar-refractivity contribution in [3.63, 3.8) is 0 Å². The summed E-state index contributed by atoms with van der Waals surface area (Å²) in [6.07, 6.45) is -4.45. The summed E-state index contributed by atoms with van der Waals surface area (Å²) in [6.45, 7) is 0.516. The average molecular weight is 340 g/mol. The monoisotopic (exact) mass is 339 g/mol. The molecule has 0 aliphatic heterocycles. The molecule has 7 heteroatoms. The third-order valence-electron chi connectivity index (χ3n) is 3.54. The number of anilines is 1. The summed E-state index contributed by atoms with van der Waals surface area (Å²) in [5, 5.41) is 3.14. The van der Waals surface area contributed by atoms with Crippen molar-refractivity contribution in [1.82, 2.24) is 9.55 Å². The van der Waals surface area contributed by atoms with E-state index in [9.17, 15) is 13.2 Å². The summed E-state index contributed by atoms with van der Waals surface area (Å²) in [7, 11) is 1.71. The second-order valence-corrected chi connectivity index (χ2v) is 5.56. The quantitative estimate of drug-likeness (QED) is 0.738. The lowest BCUT2D eigenvalue weighted by Crippen LogP contribution is -2.05. The van der Waals surface area contributed by atoms with Crippen LogP contribution in [0.25, 0.3) is 11.0 Å². The maximum absolute atomic E-state index is 12.9. The van der Waals surface area contributed by atoms with E-state index in [4.69, 9.17) is 11.6 Å². The van der Waals surface area contributed by atoms with Crippen molar-refractivity contribution < 1.29 is 13.2 Å². The molecule has 0 bridgehead atoms. The summed E-state index contributed by atoms with van der Waals surface area (Å²) in [6, 6.07) is 11.6. The van der Waals surface area contributed by atoms with Crippen molar-refractivity contribution in [2.24, 2.45) is 7.05 Å². The smallest absolute Gasteiger partial charge is 0.352 e. The lowest BCUT2D eigenvalue weighted by Gasteiger charge is -2.08. The molecule has 120 valence electrons. The molecule has 1 aromatic heterocycles. The summed E-state index contributed by atoms with van der Waals surface area (Å²) in [4.78, 5) is 4.23. The Morgan fingerprint density at radius 1 is 1.17 bits per heavy atom. The van der Waals surface area contributed by atoms with Gasteiger partial charge < -0.3 is 9.88 Å². The molecule has 0 saturated carbocycles.